The van der Waals surface area contributed by atoms with E-state index in [1.165, 1.54) is 11.0 Å². The van der Waals surface area contributed by atoms with Crippen LogP contribution in [0.1, 0.15) is 27.2 Å². The van der Waals surface area contributed by atoms with Crippen LogP contribution in [0.3, 0.4) is 0 Å². The molecule has 1 N–H and O–H groups in total. The molecule has 0 bridgehead atoms. The van der Waals surface area contributed by atoms with Crippen molar-refractivity contribution in [3.8, 4) is 0 Å². The number of nitrogens with one attached hydrogen (secondary N) is 1. The van der Waals surface area contributed by atoms with Crippen LogP contribution in [-0.4, -0.2) is 71.0 Å². The Hall–Kier alpha value is -3.37. The number of imide groups is 1. The van der Waals surface area contributed by atoms with Gasteiger partial charge in [-0.2, -0.15) is 5.10 Å². The molecule has 4 amide bonds. The molecule has 11 heteroatoms. The maximum absolute atomic E-state index is 15.1. The van der Waals surface area contributed by atoms with Gasteiger partial charge < -0.3 is 14.5 Å². The molecule has 0 atom stereocenters. The number of likely N-dealkylation sites (tertiary alicyclic amines) is 1. The van der Waals surface area contributed by atoms with E-state index < -0.39 is 17.4 Å². The zero-order chi connectivity index (χ0) is 23.7. The molecule has 0 aliphatic carbocycles. The molecule has 1 aromatic heterocycles. The van der Waals surface area contributed by atoms with E-state index in [9.17, 15) is 14.4 Å². The fourth-order valence-electron chi connectivity index (χ4n) is 4.81. The highest BCUT2D eigenvalue weighted by atomic mass is 19.1. The second-order valence-electron chi connectivity index (χ2n) is 10.2. The topological polar surface area (TPSA) is 100 Å². The molecule has 3 aliphatic rings. The molecule has 0 radical (unpaired) electrons. The molecule has 0 saturated carbocycles. The van der Waals surface area contributed by atoms with Crippen LogP contribution >= 0.6 is 0 Å². The summed E-state index contributed by atoms with van der Waals surface area (Å²) in [5.74, 6) is -0.406. The van der Waals surface area contributed by atoms with Crippen LogP contribution in [0.15, 0.2) is 12.1 Å². The monoisotopic (exact) mass is 458 g/mol. The molecule has 0 unspecified atom stereocenters. The number of aromatic nitrogens is 2. The second kappa shape index (κ2) is 7.06. The summed E-state index contributed by atoms with van der Waals surface area (Å²) in [6.07, 6.45) is -0.148. The Balaban J connectivity index is 1.31. The lowest BCUT2D eigenvalue weighted by atomic mass is 9.73. The standard InChI is InChI=1S/C22H27FN6O4/c1-21(2,3)33-20(32)28-11-22(12-28)9-27(10-22)16-8-15-13(7-14(16)23)18(25-26(15)4)29-6-5-17(30)24-19(29)31/h7-8H,5-6,9-12H2,1-4H3,(H,24,30,31). The van der Waals surface area contributed by atoms with Crippen molar-refractivity contribution in [1.82, 2.24) is 20.0 Å². The van der Waals surface area contributed by atoms with Gasteiger partial charge >= 0.3 is 12.1 Å². The third kappa shape index (κ3) is 3.65. The first kappa shape index (κ1) is 21.5. The average molecular weight is 458 g/mol. The highest BCUT2D eigenvalue weighted by Crippen LogP contribution is 2.44. The highest BCUT2D eigenvalue weighted by Gasteiger charge is 2.54. The summed E-state index contributed by atoms with van der Waals surface area (Å²) in [4.78, 5) is 40.9. The molecule has 1 spiro atoms. The van der Waals surface area contributed by atoms with Gasteiger partial charge in [-0.15, -0.1) is 0 Å². The lowest BCUT2D eigenvalue weighted by Gasteiger charge is -2.60. The minimum atomic E-state index is -0.556. The number of rotatable bonds is 2. The van der Waals surface area contributed by atoms with Crippen molar-refractivity contribution < 1.29 is 23.5 Å². The first-order valence-corrected chi connectivity index (χ1v) is 11.0. The van der Waals surface area contributed by atoms with Crippen LogP contribution in [0.4, 0.5) is 25.5 Å². The summed E-state index contributed by atoms with van der Waals surface area (Å²) in [6.45, 7) is 8.21. The summed E-state index contributed by atoms with van der Waals surface area (Å²) < 4.78 is 22.2. The van der Waals surface area contributed by atoms with Crippen molar-refractivity contribution in [1.29, 1.82) is 0 Å². The fraction of sp³-hybridized carbons (Fsp3) is 0.545. The number of carbonyl (C=O) groups excluding carboxylic acids is 3. The van der Waals surface area contributed by atoms with Crippen molar-refractivity contribution in [2.24, 2.45) is 12.5 Å². The first-order valence-electron chi connectivity index (χ1n) is 11.0. The molecule has 1 aromatic carbocycles. The molecule has 33 heavy (non-hydrogen) atoms. The maximum atomic E-state index is 15.1. The number of aryl methyl sites for hydroxylation is 1. The number of fused-ring (bicyclic) bond motifs is 1. The van der Waals surface area contributed by atoms with E-state index in [1.807, 2.05) is 25.7 Å². The van der Waals surface area contributed by atoms with Gasteiger partial charge in [0.25, 0.3) is 0 Å². The predicted octanol–water partition coefficient (Wildman–Crippen LogP) is 2.22. The number of amides is 4. The number of nitrogens with zero attached hydrogens (tertiary/aromatic N) is 5. The zero-order valence-corrected chi connectivity index (χ0v) is 19.1. The summed E-state index contributed by atoms with van der Waals surface area (Å²) in [7, 11) is 1.74. The Morgan fingerprint density at radius 3 is 2.52 bits per heavy atom. The van der Waals surface area contributed by atoms with Gasteiger partial charge in [0.15, 0.2) is 5.82 Å². The number of anilines is 2. The number of urea groups is 1. The van der Waals surface area contributed by atoms with Crippen LogP contribution in [0.25, 0.3) is 10.9 Å². The quantitative estimate of drug-likeness (QED) is 0.741. The van der Waals surface area contributed by atoms with Gasteiger partial charge in [-0.25, -0.2) is 14.0 Å². The number of benzene rings is 1. The Bertz CT molecular complexity index is 1170. The molecular formula is C22H27FN6O4. The first-order chi connectivity index (χ1) is 15.4. The lowest BCUT2D eigenvalue weighted by molar-refractivity contribution is -0.120. The van der Waals surface area contributed by atoms with Crippen LogP contribution in [0.2, 0.25) is 0 Å². The minimum absolute atomic E-state index is 0.0334. The number of carbonyl (C=O) groups is 3. The van der Waals surface area contributed by atoms with Crippen LogP contribution < -0.4 is 15.1 Å². The molecule has 2 aromatic rings. The molecule has 5 rings (SSSR count). The van der Waals surface area contributed by atoms with Gasteiger partial charge in [0.2, 0.25) is 5.91 Å². The third-order valence-electron chi connectivity index (χ3n) is 6.31. The van der Waals surface area contributed by atoms with E-state index in [0.717, 1.165) is 0 Å². The number of halogens is 1. The second-order valence-corrected chi connectivity index (χ2v) is 10.2. The van der Waals surface area contributed by atoms with Gasteiger partial charge in [0.1, 0.15) is 11.4 Å². The van der Waals surface area contributed by atoms with Gasteiger partial charge in [-0.1, -0.05) is 0 Å². The maximum Gasteiger partial charge on any atom is 0.410 e. The Morgan fingerprint density at radius 1 is 1.18 bits per heavy atom. The van der Waals surface area contributed by atoms with Gasteiger partial charge in [0.05, 0.1) is 11.2 Å². The molecule has 176 valence electrons. The Kier molecular flexibility index (Phi) is 4.60. The van der Waals surface area contributed by atoms with Crippen molar-refractivity contribution in [2.45, 2.75) is 32.8 Å². The average Bonchev–Trinajstić information content (AvgIpc) is 2.93. The smallest absolute Gasteiger partial charge is 0.410 e. The van der Waals surface area contributed by atoms with E-state index in [4.69, 9.17) is 4.74 Å². The normalized spacial score (nSPS) is 20.1. The summed E-state index contributed by atoms with van der Waals surface area (Å²) >= 11 is 0. The van der Waals surface area contributed by atoms with Crippen molar-refractivity contribution in [3.63, 3.8) is 0 Å². The van der Waals surface area contributed by atoms with Crippen LogP contribution in [0, 0.1) is 11.2 Å². The third-order valence-corrected chi connectivity index (χ3v) is 6.31. The van der Waals surface area contributed by atoms with E-state index in [0.29, 0.717) is 48.6 Å². The molecule has 4 heterocycles. The van der Waals surface area contributed by atoms with Gasteiger partial charge in [-0.05, 0) is 32.9 Å². The summed E-state index contributed by atoms with van der Waals surface area (Å²) in [5, 5.41) is 7.20. The van der Waals surface area contributed by atoms with Gasteiger partial charge in [-0.3, -0.25) is 19.7 Å². The summed E-state index contributed by atoms with van der Waals surface area (Å²) in [5.41, 5.74) is 0.595. The SMILES string of the molecule is Cn1nc(N2CCC(=O)NC2=O)c2cc(F)c(N3CC4(CN(C(=O)OC(C)(C)C)C4)C3)cc21. The largest absolute Gasteiger partial charge is 0.444 e. The number of hydrogen-bond donors (Lipinski definition) is 1. The number of ether oxygens (including phenoxy) is 1. The van der Waals surface area contributed by atoms with E-state index in [-0.39, 0.29) is 30.4 Å². The predicted molar refractivity (Wildman–Crippen MR) is 119 cm³/mol. The highest BCUT2D eigenvalue weighted by molar-refractivity contribution is 6.09. The van der Waals surface area contributed by atoms with Crippen LogP contribution in [0.5, 0.6) is 0 Å². The molecule has 3 fully saturated rings. The molecule has 3 saturated heterocycles. The van der Waals surface area contributed by atoms with Crippen molar-refractivity contribution >= 4 is 40.4 Å². The molecule has 3 aliphatic heterocycles. The van der Waals surface area contributed by atoms with Crippen molar-refractivity contribution in [2.75, 3.05) is 42.5 Å². The zero-order valence-electron chi connectivity index (χ0n) is 19.1. The van der Waals surface area contributed by atoms with E-state index >= 15 is 4.39 Å². The van der Waals surface area contributed by atoms with Crippen molar-refractivity contribution in [3.05, 3.63) is 17.9 Å². The van der Waals surface area contributed by atoms with E-state index in [1.54, 1.807) is 22.7 Å². The van der Waals surface area contributed by atoms with Crippen LogP contribution in [-0.2, 0) is 16.6 Å². The Morgan fingerprint density at radius 2 is 1.88 bits per heavy atom. The number of hydrogen-bond acceptors (Lipinski definition) is 6. The minimum Gasteiger partial charge on any atom is -0.444 e. The molecular weight excluding hydrogens is 431 g/mol. The fourth-order valence-corrected chi connectivity index (χ4v) is 4.81. The lowest BCUT2D eigenvalue weighted by Crippen LogP contribution is -2.73. The Labute approximate surface area is 190 Å². The van der Waals surface area contributed by atoms with Gasteiger partial charge in [0, 0.05) is 57.0 Å². The van der Waals surface area contributed by atoms with E-state index in [2.05, 4.69) is 10.4 Å². The molecule has 10 nitrogen and oxygen atoms in total. The summed E-state index contributed by atoms with van der Waals surface area (Å²) in [6, 6.07) is 2.58.